The number of fused-ring (bicyclic) bond motifs is 2. The Bertz CT molecular complexity index is 1120. The molecule has 2 N–H and O–H groups in total. The van der Waals surface area contributed by atoms with Crippen molar-refractivity contribution in [2.45, 2.75) is 12.3 Å². The number of amides is 1. The summed E-state index contributed by atoms with van der Waals surface area (Å²) >= 11 is 1.50. The minimum atomic E-state index is -0.254. The molecule has 2 aliphatic rings. The van der Waals surface area contributed by atoms with Gasteiger partial charge in [-0.25, -0.2) is 4.98 Å². The summed E-state index contributed by atoms with van der Waals surface area (Å²) in [6.45, 7) is 0.112. The number of nitrogens with one attached hydrogen (secondary N) is 2. The van der Waals surface area contributed by atoms with Crippen molar-refractivity contribution in [2.24, 2.45) is 0 Å². The third-order valence-electron chi connectivity index (χ3n) is 5.03. The Kier molecular flexibility index (Phi) is 4.59. The number of carbonyl (C=O) groups is 1. The van der Waals surface area contributed by atoms with Crippen molar-refractivity contribution < 1.29 is 23.7 Å². The SMILES string of the molecule is COc1c([C@H]2CC(=O)Nc3nc(Nc4ccccc4)sc32)cc2c(c1OC)OCO2. The zero-order chi connectivity index (χ0) is 20.7. The number of benzene rings is 2. The Morgan fingerprint density at radius 2 is 1.97 bits per heavy atom. The minimum Gasteiger partial charge on any atom is -0.492 e. The van der Waals surface area contributed by atoms with Crippen LogP contribution in [0.1, 0.15) is 22.8 Å². The van der Waals surface area contributed by atoms with Gasteiger partial charge in [0.05, 0.1) is 19.1 Å². The number of hydrogen-bond donors (Lipinski definition) is 2. The maximum atomic E-state index is 12.5. The standard InChI is InChI=1S/C21H19N3O5S/c1-26-16-12(8-14-17(18(16)27-2)29-10-28-14)13-9-15(25)23-20-19(13)30-21(24-20)22-11-6-4-3-5-7-11/h3-8,13H,9-10H2,1-2H3,(H,22,24)(H,23,25)/t13-/m1/s1. The summed E-state index contributed by atoms with van der Waals surface area (Å²) in [5.74, 6) is 2.26. The number of methoxy groups -OCH3 is 2. The monoisotopic (exact) mass is 425 g/mol. The van der Waals surface area contributed by atoms with Crippen LogP contribution in [-0.4, -0.2) is 31.9 Å². The smallest absolute Gasteiger partial charge is 0.231 e. The Hall–Kier alpha value is -3.46. The van der Waals surface area contributed by atoms with Crippen LogP contribution in [0.3, 0.4) is 0 Å². The highest BCUT2D eigenvalue weighted by Crippen LogP contribution is 2.54. The number of thiazole rings is 1. The molecule has 0 saturated carbocycles. The van der Waals surface area contributed by atoms with Crippen molar-refractivity contribution in [2.75, 3.05) is 31.6 Å². The van der Waals surface area contributed by atoms with Crippen molar-refractivity contribution in [1.29, 1.82) is 0 Å². The lowest BCUT2D eigenvalue weighted by Gasteiger charge is -2.24. The van der Waals surface area contributed by atoms with Gasteiger partial charge >= 0.3 is 0 Å². The molecular weight excluding hydrogens is 406 g/mol. The fourth-order valence-electron chi connectivity index (χ4n) is 3.74. The zero-order valence-corrected chi connectivity index (χ0v) is 17.2. The van der Waals surface area contributed by atoms with Gasteiger partial charge < -0.3 is 29.6 Å². The number of hydrogen-bond acceptors (Lipinski definition) is 8. The molecule has 3 aromatic rings. The van der Waals surface area contributed by atoms with Crippen molar-refractivity contribution in [3.63, 3.8) is 0 Å². The molecule has 1 amide bonds. The molecule has 0 radical (unpaired) electrons. The van der Waals surface area contributed by atoms with E-state index < -0.39 is 0 Å². The molecule has 30 heavy (non-hydrogen) atoms. The van der Waals surface area contributed by atoms with Gasteiger partial charge in [-0.2, -0.15) is 0 Å². The Labute approximate surface area is 176 Å². The second-order valence-corrected chi connectivity index (χ2v) is 7.82. The number of para-hydroxylation sites is 1. The minimum absolute atomic E-state index is 0.109. The molecule has 0 fully saturated rings. The van der Waals surface area contributed by atoms with Crippen LogP contribution in [0.25, 0.3) is 0 Å². The van der Waals surface area contributed by atoms with Gasteiger partial charge in [0.15, 0.2) is 16.6 Å². The Balaban J connectivity index is 1.59. The normalized spacial score (nSPS) is 16.6. The fourth-order valence-corrected chi connectivity index (χ4v) is 4.80. The molecule has 9 heteroatoms. The van der Waals surface area contributed by atoms with Crippen molar-refractivity contribution in [3.05, 3.63) is 46.8 Å². The van der Waals surface area contributed by atoms with E-state index in [-0.39, 0.29) is 25.0 Å². The second-order valence-electron chi connectivity index (χ2n) is 6.79. The van der Waals surface area contributed by atoms with Gasteiger partial charge in [0.2, 0.25) is 24.2 Å². The van der Waals surface area contributed by atoms with Gasteiger partial charge in [-0.3, -0.25) is 4.79 Å². The van der Waals surface area contributed by atoms with Crippen LogP contribution >= 0.6 is 11.3 Å². The van der Waals surface area contributed by atoms with Crippen LogP contribution in [0.15, 0.2) is 36.4 Å². The number of nitrogens with zero attached hydrogens (tertiary/aromatic N) is 1. The van der Waals surface area contributed by atoms with Gasteiger partial charge in [0, 0.05) is 23.6 Å². The van der Waals surface area contributed by atoms with Crippen LogP contribution in [0.5, 0.6) is 23.0 Å². The number of anilines is 3. The van der Waals surface area contributed by atoms with Crippen molar-refractivity contribution >= 4 is 33.9 Å². The summed E-state index contributed by atoms with van der Waals surface area (Å²) in [7, 11) is 3.12. The number of ether oxygens (including phenoxy) is 4. The van der Waals surface area contributed by atoms with E-state index in [0.29, 0.717) is 33.9 Å². The molecule has 1 atom stereocenters. The van der Waals surface area contributed by atoms with Crippen LogP contribution in [0, 0.1) is 0 Å². The van der Waals surface area contributed by atoms with Gasteiger partial charge in [-0.05, 0) is 18.2 Å². The van der Waals surface area contributed by atoms with E-state index in [1.807, 2.05) is 36.4 Å². The highest BCUT2D eigenvalue weighted by Gasteiger charge is 2.36. The van der Waals surface area contributed by atoms with Gasteiger partial charge in [-0.15, -0.1) is 0 Å². The van der Waals surface area contributed by atoms with Crippen molar-refractivity contribution in [3.8, 4) is 23.0 Å². The molecule has 0 saturated heterocycles. The summed E-state index contributed by atoms with van der Waals surface area (Å²) in [6, 6.07) is 11.6. The van der Waals surface area contributed by atoms with Gasteiger partial charge in [0.25, 0.3) is 0 Å². The lowest BCUT2D eigenvalue weighted by atomic mass is 9.90. The maximum Gasteiger partial charge on any atom is 0.231 e. The summed E-state index contributed by atoms with van der Waals surface area (Å²) in [5, 5.41) is 6.87. The summed E-state index contributed by atoms with van der Waals surface area (Å²) < 4.78 is 22.4. The Morgan fingerprint density at radius 1 is 1.17 bits per heavy atom. The Morgan fingerprint density at radius 3 is 2.73 bits per heavy atom. The highest BCUT2D eigenvalue weighted by atomic mass is 32.1. The first-order valence-electron chi connectivity index (χ1n) is 9.35. The molecule has 8 nitrogen and oxygen atoms in total. The molecule has 0 bridgehead atoms. The zero-order valence-electron chi connectivity index (χ0n) is 16.4. The van der Waals surface area contributed by atoms with Gasteiger partial charge in [-0.1, -0.05) is 29.5 Å². The molecule has 154 valence electrons. The van der Waals surface area contributed by atoms with Crippen LogP contribution in [0.2, 0.25) is 0 Å². The highest BCUT2D eigenvalue weighted by molar-refractivity contribution is 7.16. The molecule has 0 spiro atoms. The topological polar surface area (TPSA) is 90.9 Å². The number of rotatable bonds is 5. The second kappa shape index (κ2) is 7.42. The molecule has 2 aliphatic heterocycles. The van der Waals surface area contributed by atoms with Gasteiger partial charge in [0.1, 0.15) is 5.82 Å². The maximum absolute atomic E-state index is 12.5. The van der Waals surface area contributed by atoms with Crippen LogP contribution in [-0.2, 0) is 4.79 Å². The summed E-state index contributed by atoms with van der Waals surface area (Å²) in [5.41, 5.74) is 1.72. The summed E-state index contributed by atoms with van der Waals surface area (Å²) in [6.07, 6.45) is 0.263. The van der Waals surface area contributed by atoms with E-state index in [9.17, 15) is 4.79 Å². The van der Waals surface area contributed by atoms with E-state index in [1.165, 1.54) is 11.3 Å². The van der Waals surface area contributed by atoms with E-state index >= 15 is 0 Å². The first-order chi connectivity index (χ1) is 14.7. The largest absolute Gasteiger partial charge is 0.492 e. The van der Waals surface area contributed by atoms with E-state index in [1.54, 1.807) is 14.2 Å². The quantitative estimate of drug-likeness (QED) is 0.636. The average molecular weight is 425 g/mol. The summed E-state index contributed by atoms with van der Waals surface area (Å²) in [4.78, 5) is 18.0. The molecular formula is C21H19N3O5S. The van der Waals surface area contributed by atoms with Crippen LogP contribution < -0.4 is 29.6 Å². The lowest BCUT2D eigenvalue weighted by Crippen LogP contribution is -2.23. The molecule has 2 aromatic carbocycles. The van der Waals surface area contributed by atoms with Crippen molar-refractivity contribution in [1.82, 2.24) is 4.98 Å². The molecule has 0 unspecified atom stereocenters. The van der Waals surface area contributed by atoms with Crippen LogP contribution in [0.4, 0.5) is 16.6 Å². The number of carbonyl (C=O) groups excluding carboxylic acids is 1. The molecule has 5 rings (SSSR count). The molecule has 3 heterocycles. The molecule has 1 aromatic heterocycles. The third-order valence-corrected chi connectivity index (χ3v) is 6.11. The number of aromatic nitrogens is 1. The molecule has 0 aliphatic carbocycles. The predicted molar refractivity (Wildman–Crippen MR) is 113 cm³/mol. The fraction of sp³-hybridized carbons (Fsp3) is 0.238. The van der Waals surface area contributed by atoms with E-state index in [2.05, 4.69) is 15.6 Å². The first kappa shape index (κ1) is 18.6. The average Bonchev–Trinajstić information content (AvgIpc) is 3.38. The van der Waals surface area contributed by atoms with E-state index in [0.717, 1.165) is 16.1 Å². The third kappa shape index (κ3) is 3.07. The lowest BCUT2D eigenvalue weighted by molar-refractivity contribution is -0.116. The first-order valence-corrected chi connectivity index (χ1v) is 10.2. The van der Waals surface area contributed by atoms with E-state index in [4.69, 9.17) is 18.9 Å². The predicted octanol–water partition coefficient (Wildman–Crippen LogP) is 4.11.